The normalized spacial score (nSPS) is 15.6. The summed E-state index contributed by atoms with van der Waals surface area (Å²) in [5.41, 5.74) is 0. The SMILES string of the molecule is O=C(CCc1cccs1)N1CCN(c2nccs2)CC1. The largest absolute Gasteiger partial charge is 0.345 e. The van der Waals surface area contributed by atoms with Crippen LogP contribution in [0.5, 0.6) is 0 Å². The van der Waals surface area contributed by atoms with Crippen molar-refractivity contribution in [2.75, 3.05) is 31.1 Å². The van der Waals surface area contributed by atoms with E-state index in [2.05, 4.69) is 21.3 Å². The molecule has 3 rings (SSSR count). The lowest BCUT2D eigenvalue weighted by Crippen LogP contribution is -2.48. The molecule has 0 bridgehead atoms. The Balaban J connectivity index is 1.46. The quantitative estimate of drug-likeness (QED) is 0.871. The van der Waals surface area contributed by atoms with Gasteiger partial charge < -0.3 is 9.80 Å². The number of rotatable bonds is 4. The minimum atomic E-state index is 0.275. The number of thiazole rings is 1. The number of carbonyl (C=O) groups excluding carboxylic acids is 1. The maximum absolute atomic E-state index is 12.2. The fourth-order valence-corrected chi connectivity index (χ4v) is 3.77. The second-order valence-electron chi connectivity index (χ2n) is 4.76. The molecule has 1 fully saturated rings. The van der Waals surface area contributed by atoms with Crippen LogP contribution in [-0.4, -0.2) is 42.0 Å². The van der Waals surface area contributed by atoms with E-state index >= 15 is 0 Å². The van der Waals surface area contributed by atoms with Crippen LogP contribution in [0.1, 0.15) is 11.3 Å². The Labute approximate surface area is 126 Å². The minimum Gasteiger partial charge on any atom is -0.345 e. The lowest BCUT2D eigenvalue weighted by Gasteiger charge is -2.34. The molecule has 106 valence electrons. The van der Waals surface area contributed by atoms with E-state index in [-0.39, 0.29) is 5.91 Å². The zero-order chi connectivity index (χ0) is 13.8. The van der Waals surface area contributed by atoms with Crippen LogP contribution >= 0.6 is 22.7 Å². The number of anilines is 1. The van der Waals surface area contributed by atoms with Gasteiger partial charge >= 0.3 is 0 Å². The van der Waals surface area contributed by atoms with Gasteiger partial charge in [-0.3, -0.25) is 4.79 Å². The summed E-state index contributed by atoms with van der Waals surface area (Å²) in [5.74, 6) is 0.275. The van der Waals surface area contributed by atoms with Gasteiger partial charge in [-0.2, -0.15) is 0 Å². The van der Waals surface area contributed by atoms with Crippen LogP contribution in [0.15, 0.2) is 29.1 Å². The third-order valence-corrected chi connectivity index (χ3v) is 5.26. The Morgan fingerprint density at radius 1 is 1.20 bits per heavy atom. The molecule has 1 saturated heterocycles. The van der Waals surface area contributed by atoms with Crippen molar-refractivity contribution in [2.24, 2.45) is 0 Å². The van der Waals surface area contributed by atoms with Gasteiger partial charge in [-0.1, -0.05) is 6.07 Å². The molecular weight excluding hydrogens is 290 g/mol. The van der Waals surface area contributed by atoms with E-state index in [1.54, 1.807) is 22.7 Å². The maximum Gasteiger partial charge on any atom is 0.223 e. The average Bonchev–Trinajstić information content (AvgIpc) is 3.18. The van der Waals surface area contributed by atoms with Crippen LogP contribution in [0.4, 0.5) is 5.13 Å². The summed E-state index contributed by atoms with van der Waals surface area (Å²) >= 11 is 3.38. The Kier molecular flexibility index (Phi) is 4.32. The van der Waals surface area contributed by atoms with E-state index in [1.165, 1.54) is 4.88 Å². The molecule has 0 aliphatic carbocycles. The molecule has 1 aliphatic heterocycles. The van der Waals surface area contributed by atoms with Crippen molar-refractivity contribution >= 4 is 33.7 Å². The first-order valence-electron chi connectivity index (χ1n) is 6.77. The van der Waals surface area contributed by atoms with Gasteiger partial charge in [-0.25, -0.2) is 4.98 Å². The molecule has 3 heterocycles. The van der Waals surface area contributed by atoms with Gasteiger partial charge in [0.1, 0.15) is 0 Å². The monoisotopic (exact) mass is 307 g/mol. The first-order chi connectivity index (χ1) is 9.83. The molecule has 2 aromatic heterocycles. The summed E-state index contributed by atoms with van der Waals surface area (Å²) in [6.07, 6.45) is 3.32. The number of piperazine rings is 1. The Bertz CT molecular complexity index is 531. The summed E-state index contributed by atoms with van der Waals surface area (Å²) in [7, 11) is 0. The molecule has 4 nitrogen and oxygen atoms in total. The molecule has 2 aromatic rings. The minimum absolute atomic E-state index is 0.275. The number of aryl methyl sites for hydroxylation is 1. The highest BCUT2D eigenvalue weighted by atomic mass is 32.1. The smallest absolute Gasteiger partial charge is 0.223 e. The number of amides is 1. The summed E-state index contributed by atoms with van der Waals surface area (Å²) in [5, 5.41) is 5.12. The van der Waals surface area contributed by atoms with Crippen molar-refractivity contribution in [3.8, 4) is 0 Å². The Morgan fingerprint density at radius 2 is 2.05 bits per heavy atom. The number of aromatic nitrogens is 1. The van der Waals surface area contributed by atoms with Gasteiger partial charge in [0, 0.05) is 49.1 Å². The summed E-state index contributed by atoms with van der Waals surface area (Å²) in [6, 6.07) is 4.13. The van der Waals surface area contributed by atoms with E-state index in [0.29, 0.717) is 6.42 Å². The van der Waals surface area contributed by atoms with Crippen LogP contribution < -0.4 is 4.90 Å². The van der Waals surface area contributed by atoms with E-state index in [0.717, 1.165) is 37.7 Å². The van der Waals surface area contributed by atoms with Gasteiger partial charge in [-0.15, -0.1) is 22.7 Å². The standard InChI is InChI=1S/C14H17N3OS2/c18-13(4-3-12-2-1-10-19-12)16-6-8-17(9-7-16)14-15-5-11-20-14/h1-2,5,10-11H,3-4,6-9H2. The van der Waals surface area contributed by atoms with Gasteiger partial charge in [0.15, 0.2) is 5.13 Å². The maximum atomic E-state index is 12.2. The van der Waals surface area contributed by atoms with Gasteiger partial charge in [0.25, 0.3) is 0 Å². The highest BCUT2D eigenvalue weighted by Gasteiger charge is 2.21. The molecule has 0 unspecified atom stereocenters. The second-order valence-corrected chi connectivity index (χ2v) is 6.67. The molecule has 1 aliphatic rings. The molecule has 1 amide bonds. The average molecular weight is 307 g/mol. The van der Waals surface area contributed by atoms with Crippen LogP contribution in [0, 0.1) is 0 Å². The predicted octanol–water partition coefficient (Wildman–Crippen LogP) is 2.49. The number of thiophene rings is 1. The molecule has 0 spiro atoms. The van der Waals surface area contributed by atoms with Crippen molar-refractivity contribution in [3.63, 3.8) is 0 Å². The van der Waals surface area contributed by atoms with E-state index in [4.69, 9.17) is 0 Å². The first-order valence-corrected chi connectivity index (χ1v) is 8.53. The van der Waals surface area contributed by atoms with Crippen molar-refractivity contribution in [1.82, 2.24) is 9.88 Å². The second kappa shape index (κ2) is 6.37. The molecular formula is C14H17N3OS2. The van der Waals surface area contributed by atoms with Crippen LogP contribution in [0.3, 0.4) is 0 Å². The third-order valence-electron chi connectivity index (χ3n) is 3.49. The molecule has 20 heavy (non-hydrogen) atoms. The van der Waals surface area contributed by atoms with Crippen LogP contribution in [0.2, 0.25) is 0 Å². The van der Waals surface area contributed by atoms with Crippen molar-refractivity contribution in [1.29, 1.82) is 0 Å². The highest BCUT2D eigenvalue weighted by molar-refractivity contribution is 7.13. The number of nitrogens with zero attached hydrogens (tertiary/aromatic N) is 3. The lowest BCUT2D eigenvalue weighted by molar-refractivity contribution is -0.131. The van der Waals surface area contributed by atoms with E-state index in [9.17, 15) is 4.79 Å². The lowest BCUT2D eigenvalue weighted by atomic mass is 10.2. The number of carbonyl (C=O) groups is 1. The highest BCUT2D eigenvalue weighted by Crippen LogP contribution is 2.19. The molecule has 0 N–H and O–H groups in total. The summed E-state index contributed by atoms with van der Waals surface area (Å²) in [6.45, 7) is 3.39. The fourth-order valence-electron chi connectivity index (χ4n) is 2.36. The van der Waals surface area contributed by atoms with Crippen molar-refractivity contribution < 1.29 is 4.79 Å². The summed E-state index contributed by atoms with van der Waals surface area (Å²) in [4.78, 5) is 22.0. The zero-order valence-corrected chi connectivity index (χ0v) is 12.8. The molecule has 0 saturated carbocycles. The zero-order valence-electron chi connectivity index (χ0n) is 11.2. The molecule has 0 radical (unpaired) electrons. The Hall–Kier alpha value is -1.40. The number of hydrogen-bond donors (Lipinski definition) is 0. The van der Waals surface area contributed by atoms with Crippen LogP contribution in [0.25, 0.3) is 0 Å². The first kappa shape index (κ1) is 13.6. The Morgan fingerprint density at radius 3 is 2.70 bits per heavy atom. The van der Waals surface area contributed by atoms with E-state index in [1.807, 2.05) is 22.5 Å². The van der Waals surface area contributed by atoms with Gasteiger partial charge in [0.2, 0.25) is 5.91 Å². The van der Waals surface area contributed by atoms with E-state index < -0.39 is 0 Å². The van der Waals surface area contributed by atoms with Gasteiger partial charge in [0.05, 0.1) is 0 Å². The molecule has 0 atom stereocenters. The molecule has 0 aromatic carbocycles. The topological polar surface area (TPSA) is 36.4 Å². The van der Waals surface area contributed by atoms with Crippen LogP contribution in [-0.2, 0) is 11.2 Å². The third kappa shape index (κ3) is 3.19. The van der Waals surface area contributed by atoms with Crippen molar-refractivity contribution in [2.45, 2.75) is 12.8 Å². The fraction of sp³-hybridized carbons (Fsp3) is 0.429. The van der Waals surface area contributed by atoms with Gasteiger partial charge in [-0.05, 0) is 17.9 Å². The molecule has 6 heteroatoms. The summed E-state index contributed by atoms with van der Waals surface area (Å²) < 4.78 is 0. The predicted molar refractivity (Wildman–Crippen MR) is 83.5 cm³/mol. The van der Waals surface area contributed by atoms with Crippen molar-refractivity contribution in [3.05, 3.63) is 34.0 Å². The number of hydrogen-bond acceptors (Lipinski definition) is 5.